The Hall–Kier alpha value is -1.70. The molecule has 1 unspecified atom stereocenters. The maximum Gasteiger partial charge on any atom is 0.241 e. The first-order valence-corrected chi connectivity index (χ1v) is 8.31. The van der Waals surface area contributed by atoms with Crippen molar-refractivity contribution in [2.75, 3.05) is 7.05 Å². The van der Waals surface area contributed by atoms with Crippen LogP contribution in [0.25, 0.3) is 0 Å². The highest BCUT2D eigenvalue weighted by Crippen LogP contribution is 2.20. The molecular weight excluding hydrogens is 288 g/mol. The van der Waals surface area contributed by atoms with E-state index in [0.717, 1.165) is 5.56 Å². The van der Waals surface area contributed by atoms with Crippen molar-refractivity contribution < 1.29 is 8.42 Å². The van der Waals surface area contributed by atoms with Gasteiger partial charge in [-0.05, 0) is 25.1 Å². The summed E-state index contributed by atoms with van der Waals surface area (Å²) in [4.78, 5) is 7.38. The molecule has 0 amide bonds. The second kappa shape index (κ2) is 6.84. The summed E-state index contributed by atoms with van der Waals surface area (Å²) in [5, 5.41) is 2.98. The number of benzene rings is 1. The molecule has 2 rings (SSSR count). The number of imidazole rings is 1. The van der Waals surface area contributed by atoms with Crippen LogP contribution < -0.4 is 10.0 Å². The van der Waals surface area contributed by atoms with Crippen LogP contribution >= 0.6 is 0 Å². The van der Waals surface area contributed by atoms with Crippen molar-refractivity contribution in [3.8, 4) is 0 Å². The summed E-state index contributed by atoms with van der Waals surface area (Å²) >= 11 is 0. The zero-order valence-electron chi connectivity index (χ0n) is 12.1. The normalized spacial score (nSPS) is 13.2. The fraction of sp³-hybridized carbons (Fsp3) is 0.357. The van der Waals surface area contributed by atoms with Crippen LogP contribution in [0.2, 0.25) is 0 Å². The van der Waals surface area contributed by atoms with E-state index in [9.17, 15) is 8.42 Å². The van der Waals surface area contributed by atoms with Crippen molar-refractivity contribution >= 4 is 10.0 Å². The molecule has 0 saturated heterocycles. The van der Waals surface area contributed by atoms with Crippen molar-refractivity contribution in [1.82, 2.24) is 20.0 Å². The number of nitrogens with zero attached hydrogens (tertiary/aromatic N) is 1. The van der Waals surface area contributed by atoms with Crippen LogP contribution in [0.5, 0.6) is 0 Å². The van der Waals surface area contributed by atoms with Gasteiger partial charge in [0.1, 0.15) is 5.82 Å². The second-order valence-corrected chi connectivity index (χ2v) is 6.38. The van der Waals surface area contributed by atoms with Gasteiger partial charge < -0.3 is 10.3 Å². The Bertz CT molecular complexity index is 668. The summed E-state index contributed by atoms with van der Waals surface area (Å²) in [5.41, 5.74) is 0.738. The molecule has 0 spiro atoms. The molecule has 7 heteroatoms. The van der Waals surface area contributed by atoms with Crippen LogP contribution in [0.15, 0.2) is 41.6 Å². The van der Waals surface area contributed by atoms with Crippen LogP contribution in [0.3, 0.4) is 0 Å². The Morgan fingerprint density at radius 3 is 2.71 bits per heavy atom. The van der Waals surface area contributed by atoms with Crippen molar-refractivity contribution in [2.24, 2.45) is 0 Å². The molecule has 3 N–H and O–H groups in total. The maximum absolute atomic E-state index is 12.6. The van der Waals surface area contributed by atoms with Gasteiger partial charge in [0.2, 0.25) is 10.0 Å². The molecule has 0 bridgehead atoms. The molecule has 1 aromatic carbocycles. The Kier molecular flexibility index (Phi) is 5.11. The zero-order chi connectivity index (χ0) is 15.3. The third-order valence-corrected chi connectivity index (χ3v) is 4.76. The van der Waals surface area contributed by atoms with Crippen LogP contribution in [0.4, 0.5) is 0 Å². The number of sulfonamides is 1. The second-order valence-electron chi connectivity index (χ2n) is 4.69. The number of nitrogens with one attached hydrogen (secondary N) is 3. The van der Waals surface area contributed by atoms with Crippen LogP contribution in [0, 0.1) is 0 Å². The first-order chi connectivity index (χ1) is 10.1. The molecule has 114 valence electrons. The molecule has 6 nitrogen and oxygen atoms in total. The quantitative estimate of drug-likeness (QED) is 0.724. The highest BCUT2D eigenvalue weighted by Gasteiger charge is 2.23. The van der Waals surface area contributed by atoms with Gasteiger partial charge in [-0.25, -0.2) is 18.1 Å². The highest BCUT2D eigenvalue weighted by atomic mass is 32.2. The molecule has 0 saturated carbocycles. The molecule has 0 aliphatic carbocycles. The minimum absolute atomic E-state index is 0.296. The van der Waals surface area contributed by atoms with Crippen LogP contribution in [0.1, 0.15) is 30.8 Å². The van der Waals surface area contributed by atoms with E-state index in [1.165, 1.54) is 0 Å². The Labute approximate surface area is 125 Å². The van der Waals surface area contributed by atoms with E-state index >= 15 is 0 Å². The van der Waals surface area contributed by atoms with E-state index in [4.69, 9.17) is 0 Å². The summed E-state index contributed by atoms with van der Waals surface area (Å²) in [7, 11) is -1.81. The Morgan fingerprint density at radius 2 is 2.10 bits per heavy atom. The average Bonchev–Trinajstić information content (AvgIpc) is 3.00. The molecule has 1 heterocycles. The van der Waals surface area contributed by atoms with Gasteiger partial charge in [-0.1, -0.05) is 25.1 Å². The first-order valence-electron chi connectivity index (χ1n) is 6.82. The summed E-state index contributed by atoms with van der Waals surface area (Å²) in [6.07, 6.45) is 3.91. The summed E-state index contributed by atoms with van der Waals surface area (Å²) in [5.74, 6) is 0.618. The fourth-order valence-electron chi connectivity index (χ4n) is 2.15. The van der Waals surface area contributed by atoms with Gasteiger partial charge in [0, 0.05) is 18.9 Å². The molecule has 0 radical (unpaired) electrons. The molecule has 0 aliphatic rings. The molecule has 1 aromatic heterocycles. The molecule has 2 aromatic rings. The molecule has 0 fully saturated rings. The largest absolute Gasteiger partial charge is 0.347 e. The topological polar surface area (TPSA) is 86.9 Å². The monoisotopic (exact) mass is 308 g/mol. The highest BCUT2D eigenvalue weighted by molar-refractivity contribution is 7.89. The summed E-state index contributed by atoms with van der Waals surface area (Å²) in [6, 6.07) is 6.60. The average molecular weight is 308 g/mol. The predicted molar refractivity (Wildman–Crippen MR) is 81.1 cm³/mol. The lowest BCUT2D eigenvalue weighted by atomic mass is 10.2. The lowest BCUT2D eigenvalue weighted by Gasteiger charge is -2.17. The van der Waals surface area contributed by atoms with Gasteiger partial charge in [-0.15, -0.1) is 0 Å². The molecular formula is C14H20N4O2S. The SMILES string of the molecule is CCC(NS(=O)(=O)c1ccccc1CNC)c1ncc[nH]1. The van der Waals surface area contributed by atoms with E-state index in [2.05, 4.69) is 20.0 Å². The standard InChI is InChI=1S/C14H20N4O2S/c1-3-12(14-16-8-9-17-14)18-21(19,20)13-7-5-4-6-11(13)10-15-2/h4-9,12,15,18H,3,10H2,1-2H3,(H,16,17). The Morgan fingerprint density at radius 1 is 1.33 bits per heavy atom. The number of rotatable bonds is 7. The van der Waals surface area contributed by atoms with Crippen LogP contribution in [-0.4, -0.2) is 25.4 Å². The number of hydrogen-bond donors (Lipinski definition) is 3. The minimum atomic E-state index is -3.60. The first kappa shape index (κ1) is 15.7. The number of aromatic nitrogens is 2. The number of H-pyrrole nitrogens is 1. The Balaban J connectivity index is 2.30. The molecule has 21 heavy (non-hydrogen) atoms. The third-order valence-electron chi connectivity index (χ3n) is 3.18. The molecule has 0 aliphatic heterocycles. The fourth-order valence-corrected chi connectivity index (χ4v) is 3.68. The van der Waals surface area contributed by atoms with Gasteiger partial charge in [-0.2, -0.15) is 0 Å². The summed E-state index contributed by atoms with van der Waals surface area (Å²) in [6.45, 7) is 2.41. The third kappa shape index (κ3) is 3.69. The van der Waals surface area contributed by atoms with E-state index in [0.29, 0.717) is 23.7 Å². The molecule has 1 atom stereocenters. The van der Waals surface area contributed by atoms with Gasteiger partial charge in [0.05, 0.1) is 10.9 Å². The van der Waals surface area contributed by atoms with E-state index in [1.807, 2.05) is 13.0 Å². The lowest BCUT2D eigenvalue weighted by molar-refractivity contribution is 0.538. The smallest absolute Gasteiger partial charge is 0.241 e. The van der Waals surface area contributed by atoms with Gasteiger partial charge in [-0.3, -0.25) is 0 Å². The van der Waals surface area contributed by atoms with E-state index in [1.54, 1.807) is 37.6 Å². The lowest BCUT2D eigenvalue weighted by Crippen LogP contribution is -2.30. The minimum Gasteiger partial charge on any atom is -0.347 e. The van der Waals surface area contributed by atoms with Gasteiger partial charge in [0.25, 0.3) is 0 Å². The summed E-state index contributed by atoms with van der Waals surface area (Å²) < 4.78 is 27.9. The van der Waals surface area contributed by atoms with Gasteiger partial charge in [0.15, 0.2) is 0 Å². The van der Waals surface area contributed by atoms with E-state index in [-0.39, 0.29) is 6.04 Å². The van der Waals surface area contributed by atoms with Crippen molar-refractivity contribution in [3.05, 3.63) is 48.0 Å². The van der Waals surface area contributed by atoms with Gasteiger partial charge >= 0.3 is 0 Å². The van der Waals surface area contributed by atoms with Crippen LogP contribution in [-0.2, 0) is 16.6 Å². The zero-order valence-corrected chi connectivity index (χ0v) is 12.9. The van der Waals surface area contributed by atoms with Crippen molar-refractivity contribution in [2.45, 2.75) is 30.8 Å². The maximum atomic E-state index is 12.6. The van der Waals surface area contributed by atoms with Crippen molar-refractivity contribution in [3.63, 3.8) is 0 Å². The predicted octanol–water partition coefficient (Wildman–Crippen LogP) is 1.56. The van der Waals surface area contributed by atoms with Crippen molar-refractivity contribution in [1.29, 1.82) is 0 Å². The number of hydrogen-bond acceptors (Lipinski definition) is 4. The number of aromatic amines is 1. The van der Waals surface area contributed by atoms with E-state index < -0.39 is 10.0 Å².